The third kappa shape index (κ3) is 3.16. The predicted octanol–water partition coefficient (Wildman–Crippen LogP) is 0.836. The molecule has 114 valence electrons. The van der Waals surface area contributed by atoms with E-state index in [2.05, 4.69) is 26.8 Å². The Bertz CT molecular complexity index is 580. The van der Waals surface area contributed by atoms with Crippen LogP contribution in [-0.4, -0.2) is 58.8 Å². The van der Waals surface area contributed by atoms with Gasteiger partial charge < -0.3 is 15.5 Å². The topological polar surface area (TPSA) is 62.7 Å². The van der Waals surface area contributed by atoms with Crippen molar-refractivity contribution >= 4 is 11.3 Å². The number of anilines is 1. The molecular formula is C15H24N6. The summed E-state index contributed by atoms with van der Waals surface area (Å²) in [4.78, 5) is 9.47. The van der Waals surface area contributed by atoms with E-state index in [4.69, 9.17) is 5.73 Å². The van der Waals surface area contributed by atoms with E-state index >= 15 is 0 Å². The highest BCUT2D eigenvalue weighted by atomic mass is 15.3. The maximum atomic E-state index is 5.74. The highest BCUT2D eigenvalue weighted by molar-refractivity contribution is 5.68. The van der Waals surface area contributed by atoms with E-state index in [1.807, 2.05) is 29.2 Å². The Kier molecular flexibility index (Phi) is 4.36. The van der Waals surface area contributed by atoms with Crippen molar-refractivity contribution in [1.29, 1.82) is 0 Å². The second kappa shape index (κ2) is 6.41. The molecule has 0 radical (unpaired) electrons. The van der Waals surface area contributed by atoms with Crippen molar-refractivity contribution in [1.82, 2.24) is 19.5 Å². The molecule has 0 saturated carbocycles. The molecule has 2 aromatic rings. The van der Waals surface area contributed by atoms with Gasteiger partial charge in [0.15, 0.2) is 5.82 Å². The van der Waals surface area contributed by atoms with Crippen molar-refractivity contribution in [2.24, 2.45) is 11.7 Å². The largest absolute Gasteiger partial charge is 0.353 e. The molecule has 1 saturated heterocycles. The van der Waals surface area contributed by atoms with Gasteiger partial charge >= 0.3 is 0 Å². The van der Waals surface area contributed by atoms with Gasteiger partial charge in [-0.1, -0.05) is 6.92 Å². The molecule has 1 unspecified atom stereocenters. The number of rotatable bonds is 4. The third-order valence-electron chi connectivity index (χ3n) is 4.16. The fourth-order valence-electron chi connectivity index (χ4n) is 2.97. The van der Waals surface area contributed by atoms with E-state index in [1.54, 1.807) is 0 Å². The Balaban J connectivity index is 1.71. The van der Waals surface area contributed by atoms with Crippen molar-refractivity contribution in [3.8, 4) is 0 Å². The zero-order valence-electron chi connectivity index (χ0n) is 12.6. The molecule has 1 fully saturated rings. The Labute approximate surface area is 125 Å². The first-order chi connectivity index (χ1) is 10.3. The fourth-order valence-corrected chi connectivity index (χ4v) is 2.97. The van der Waals surface area contributed by atoms with Crippen LogP contribution in [0, 0.1) is 5.92 Å². The SMILES string of the molecule is CC(CN)CN1CCCN(c2nccn3nccc23)CC1. The minimum atomic E-state index is 0.563. The molecule has 0 bridgehead atoms. The first-order valence-corrected chi connectivity index (χ1v) is 7.73. The van der Waals surface area contributed by atoms with Crippen molar-refractivity contribution in [3.05, 3.63) is 24.7 Å². The predicted molar refractivity (Wildman–Crippen MR) is 84.5 cm³/mol. The Morgan fingerprint density at radius 3 is 3.00 bits per heavy atom. The van der Waals surface area contributed by atoms with E-state index in [0.717, 1.165) is 57.0 Å². The van der Waals surface area contributed by atoms with Crippen LogP contribution in [0.4, 0.5) is 5.82 Å². The summed E-state index contributed by atoms with van der Waals surface area (Å²) in [5.41, 5.74) is 6.82. The molecule has 3 rings (SSSR count). The molecule has 1 aliphatic heterocycles. The molecule has 6 nitrogen and oxygen atoms in total. The molecule has 3 heterocycles. The van der Waals surface area contributed by atoms with Crippen molar-refractivity contribution < 1.29 is 0 Å². The Morgan fingerprint density at radius 2 is 2.14 bits per heavy atom. The number of aromatic nitrogens is 3. The summed E-state index contributed by atoms with van der Waals surface area (Å²) in [6.45, 7) is 8.34. The smallest absolute Gasteiger partial charge is 0.154 e. The molecule has 1 atom stereocenters. The summed E-state index contributed by atoms with van der Waals surface area (Å²) in [6, 6.07) is 2.03. The number of fused-ring (bicyclic) bond motifs is 1. The monoisotopic (exact) mass is 288 g/mol. The van der Waals surface area contributed by atoms with Crippen molar-refractivity contribution in [2.45, 2.75) is 13.3 Å². The summed E-state index contributed by atoms with van der Waals surface area (Å²) >= 11 is 0. The summed E-state index contributed by atoms with van der Waals surface area (Å²) in [6.07, 6.45) is 6.71. The quantitative estimate of drug-likeness (QED) is 0.903. The highest BCUT2D eigenvalue weighted by Crippen LogP contribution is 2.19. The minimum Gasteiger partial charge on any atom is -0.353 e. The summed E-state index contributed by atoms with van der Waals surface area (Å²) in [5.74, 6) is 1.61. The lowest BCUT2D eigenvalue weighted by Crippen LogP contribution is -2.35. The van der Waals surface area contributed by atoms with Gasteiger partial charge in [-0.15, -0.1) is 0 Å². The lowest BCUT2D eigenvalue weighted by atomic mass is 10.1. The number of nitrogens with zero attached hydrogens (tertiary/aromatic N) is 5. The van der Waals surface area contributed by atoms with Gasteiger partial charge in [-0.25, -0.2) is 9.50 Å². The second-order valence-electron chi connectivity index (χ2n) is 5.89. The van der Waals surface area contributed by atoms with Crippen LogP contribution in [0.25, 0.3) is 5.52 Å². The normalized spacial score (nSPS) is 18.9. The summed E-state index contributed by atoms with van der Waals surface area (Å²) in [5, 5.41) is 4.29. The van der Waals surface area contributed by atoms with Gasteiger partial charge in [-0.3, -0.25) is 0 Å². The molecule has 0 aliphatic carbocycles. The van der Waals surface area contributed by atoms with Crippen LogP contribution in [-0.2, 0) is 0 Å². The number of nitrogens with two attached hydrogens (primary N) is 1. The first kappa shape index (κ1) is 14.3. The third-order valence-corrected chi connectivity index (χ3v) is 4.16. The molecule has 0 amide bonds. The molecule has 0 aromatic carbocycles. The van der Waals surface area contributed by atoms with Gasteiger partial charge in [-0.05, 0) is 31.5 Å². The van der Waals surface area contributed by atoms with Crippen LogP contribution in [0.1, 0.15) is 13.3 Å². The fraction of sp³-hybridized carbons (Fsp3) is 0.600. The molecule has 2 aromatic heterocycles. The van der Waals surface area contributed by atoms with Gasteiger partial charge in [0.1, 0.15) is 5.52 Å². The summed E-state index contributed by atoms with van der Waals surface area (Å²) in [7, 11) is 0. The van der Waals surface area contributed by atoms with Crippen LogP contribution < -0.4 is 10.6 Å². The van der Waals surface area contributed by atoms with Gasteiger partial charge in [0.05, 0.1) is 6.20 Å². The van der Waals surface area contributed by atoms with Gasteiger partial charge in [0, 0.05) is 38.6 Å². The zero-order valence-corrected chi connectivity index (χ0v) is 12.6. The van der Waals surface area contributed by atoms with E-state index in [-0.39, 0.29) is 0 Å². The van der Waals surface area contributed by atoms with E-state index in [0.29, 0.717) is 5.92 Å². The van der Waals surface area contributed by atoms with E-state index in [1.165, 1.54) is 0 Å². The minimum absolute atomic E-state index is 0.563. The molecule has 0 spiro atoms. The Morgan fingerprint density at radius 1 is 1.24 bits per heavy atom. The maximum absolute atomic E-state index is 5.74. The number of hydrogen-bond donors (Lipinski definition) is 1. The average Bonchev–Trinajstić information content (AvgIpc) is 2.87. The van der Waals surface area contributed by atoms with Crippen molar-refractivity contribution in [3.63, 3.8) is 0 Å². The lowest BCUT2D eigenvalue weighted by Gasteiger charge is -2.24. The van der Waals surface area contributed by atoms with Gasteiger partial charge in [0.25, 0.3) is 0 Å². The molecule has 2 N–H and O–H groups in total. The zero-order chi connectivity index (χ0) is 14.7. The van der Waals surface area contributed by atoms with Crippen LogP contribution in [0.2, 0.25) is 0 Å². The van der Waals surface area contributed by atoms with Gasteiger partial charge in [-0.2, -0.15) is 5.10 Å². The van der Waals surface area contributed by atoms with Crippen LogP contribution >= 0.6 is 0 Å². The second-order valence-corrected chi connectivity index (χ2v) is 5.89. The highest BCUT2D eigenvalue weighted by Gasteiger charge is 2.19. The van der Waals surface area contributed by atoms with Crippen molar-refractivity contribution in [2.75, 3.05) is 44.2 Å². The lowest BCUT2D eigenvalue weighted by molar-refractivity contribution is 0.255. The van der Waals surface area contributed by atoms with E-state index in [9.17, 15) is 0 Å². The van der Waals surface area contributed by atoms with Gasteiger partial charge in [0.2, 0.25) is 0 Å². The van der Waals surface area contributed by atoms with E-state index < -0.39 is 0 Å². The first-order valence-electron chi connectivity index (χ1n) is 7.73. The standard InChI is InChI=1S/C15H24N6/c1-13(11-16)12-19-6-2-7-20(10-9-19)15-14-3-4-18-21(14)8-5-17-15/h3-5,8,13H,2,6-7,9-12,16H2,1H3. The van der Waals surface area contributed by atoms with Crippen LogP contribution in [0.15, 0.2) is 24.7 Å². The number of hydrogen-bond acceptors (Lipinski definition) is 5. The Hall–Kier alpha value is -1.66. The van der Waals surface area contributed by atoms with Crippen LogP contribution in [0.5, 0.6) is 0 Å². The molecule has 21 heavy (non-hydrogen) atoms. The van der Waals surface area contributed by atoms with Crippen LogP contribution in [0.3, 0.4) is 0 Å². The molecule has 6 heteroatoms. The average molecular weight is 288 g/mol. The molecule has 1 aliphatic rings. The molecular weight excluding hydrogens is 264 g/mol. The maximum Gasteiger partial charge on any atom is 0.154 e. The summed E-state index contributed by atoms with van der Waals surface area (Å²) < 4.78 is 1.89.